The predicted molar refractivity (Wildman–Crippen MR) is 121 cm³/mol. The molecule has 2 amide bonds. The highest BCUT2D eigenvalue weighted by atomic mass is 16.5. The number of hydrogen-bond acceptors (Lipinski definition) is 4. The van der Waals surface area contributed by atoms with Crippen molar-refractivity contribution in [1.82, 2.24) is 14.7 Å². The fourth-order valence-corrected chi connectivity index (χ4v) is 2.97. The minimum absolute atomic E-state index is 0.0309. The lowest BCUT2D eigenvalue weighted by Gasteiger charge is -2.11. The standard InChI is InChI=1S/C24H26N4O3/c1-17-22(18(2)28(26-17)20-8-6-5-7-9-20)14-15-23(29)25-19-10-12-21(13-11-19)31-16-24(30)27(3)4/h5-15H,16H2,1-4H3,(H,25,29)/b15-14+. The van der Waals surface area contributed by atoms with Gasteiger partial charge in [0.25, 0.3) is 5.91 Å². The lowest BCUT2D eigenvalue weighted by atomic mass is 10.2. The maximum Gasteiger partial charge on any atom is 0.259 e. The van der Waals surface area contributed by atoms with Gasteiger partial charge in [0.1, 0.15) is 5.75 Å². The van der Waals surface area contributed by atoms with Gasteiger partial charge in [-0.15, -0.1) is 0 Å². The zero-order valence-corrected chi connectivity index (χ0v) is 18.1. The third-order valence-electron chi connectivity index (χ3n) is 4.73. The summed E-state index contributed by atoms with van der Waals surface area (Å²) in [5.41, 5.74) is 4.32. The first kappa shape index (κ1) is 21.8. The molecule has 1 heterocycles. The lowest BCUT2D eigenvalue weighted by molar-refractivity contribution is -0.130. The second-order valence-electron chi connectivity index (χ2n) is 7.26. The van der Waals surface area contributed by atoms with Crippen LogP contribution in [0.5, 0.6) is 5.75 Å². The van der Waals surface area contributed by atoms with Gasteiger partial charge in [-0.1, -0.05) is 18.2 Å². The molecule has 0 saturated carbocycles. The summed E-state index contributed by atoms with van der Waals surface area (Å²) in [4.78, 5) is 25.4. The van der Waals surface area contributed by atoms with Crippen LogP contribution < -0.4 is 10.1 Å². The number of nitrogens with zero attached hydrogens (tertiary/aromatic N) is 3. The van der Waals surface area contributed by atoms with E-state index in [-0.39, 0.29) is 18.4 Å². The lowest BCUT2D eigenvalue weighted by Crippen LogP contribution is -2.27. The van der Waals surface area contributed by atoms with Crippen molar-refractivity contribution in [2.45, 2.75) is 13.8 Å². The van der Waals surface area contributed by atoms with Gasteiger partial charge in [0.2, 0.25) is 5.91 Å². The number of anilines is 1. The number of amides is 2. The number of ether oxygens (including phenoxy) is 1. The topological polar surface area (TPSA) is 76.5 Å². The van der Waals surface area contributed by atoms with Crippen LogP contribution in [0.2, 0.25) is 0 Å². The van der Waals surface area contributed by atoms with Crippen LogP contribution in [-0.2, 0) is 9.59 Å². The first-order valence-electron chi connectivity index (χ1n) is 9.89. The Morgan fingerprint density at radius 3 is 2.39 bits per heavy atom. The summed E-state index contributed by atoms with van der Waals surface area (Å²) < 4.78 is 7.30. The molecule has 7 heteroatoms. The number of hydrogen-bond donors (Lipinski definition) is 1. The van der Waals surface area contributed by atoms with Gasteiger partial charge in [0.05, 0.1) is 11.4 Å². The van der Waals surface area contributed by atoms with Crippen LogP contribution in [-0.4, -0.2) is 47.2 Å². The molecule has 1 N–H and O–H groups in total. The molecule has 7 nitrogen and oxygen atoms in total. The summed E-state index contributed by atoms with van der Waals surface area (Å²) in [6.07, 6.45) is 3.27. The average molecular weight is 418 g/mol. The molecule has 0 radical (unpaired) electrons. The minimum Gasteiger partial charge on any atom is -0.484 e. The summed E-state index contributed by atoms with van der Waals surface area (Å²) in [7, 11) is 3.35. The summed E-state index contributed by atoms with van der Waals surface area (Å²) in [5, 5.41) is 7.40. The summed E-state index contributed by atoms with van der Waals surface area (Å²) in [6.45, 7) is 3.87. The Labute approximate surface area is 181 Å². The Morgan fingerprint density at radius 1 is 1.06 bits per heavy atom. The van der Waals surface area contributed by atoms with Gasteiger partial charge in [0.15, 0.2) is 6.61 Å². The van der Waals surface area contributed by atoms with Gasteiger partial charge in [-0.05, 0) is 56.3 Å². The maximum absolute atomic E-state index is 12.4. The summed E-state index contributed by atoms with van der Waals surface area (Å²) >= 11 is 0. The SMILES string of the molecule is Cc1nn(-c2ccccc2)c(C)c1/C=C/C(=O)Nc1ccc(OCC(=O)N(C)C)cc1. The molecular formula is C24H26N4O3. The zero-order valence-electron chi connectivity index (χ0n) is 18.1. The Balaban J connectivity index is 1.62. The van der Waals surface area contributed by atoms with E-state index in [1.165, 1.54) is 11.0 Å². The molecule has 0 saturated heterocycles. The summed E-state index contributed by atoms with van der Waals surface area (Å²) in [5.74, 6) is 0.190. The highest BCUT2D eigenvalue weighted by Gasteiger charge is 2.11. The Bertz CT molecular complexity index is 1080. The summed E-state index contributed by atoms with van der Waals surface area (Å²) in [6, 6.07) is 16.7. The number of carbonyl (C=O) groups is 2. The molecule has 0 fully saturated rings. The average Bonchev–Trinajstić information content (AvgIpc) is 3.05. The molecule has 0 spiro atoms. The van der Waals surface area contributed by atoms with Gasteiger partial charge in [-0.3, -0.25) is 9.59 Å². The van der Waals surface area contributed by atoms with E-state index >= 15 is 0 Å². The van der Waals surface area contributed by atoms with E-state index in [4.69, 9.17) is 4.74 Å². The monoisotopic (exact) mass is 418 g/mol. The second kappa shape index (κ2) is 9.75. The Morgan fingerprint density at radius 2 is 1.74 bits per heavy atom. The Hall–Kier alpha value is -3.87. The van der Waals surface area contributed by atoms with Crippen LogP contribution in [0.15, 0.2) is 60.7 Å². The van der Waals surface area contributed by atoms with Crippen molar-refractivity contribution in [3.05, 3.63) is 77.6 Å². The van der Waals surface area contributed by atoms with Crippen LogP contribution >= 0.6 is 0 Å². The molecule has 0 unspecified atom stereocenters. The number of carbonyl (C=O) groups excluding carboxylic acids is 2. The van der Waals surface area contributed by atoms with E-state index in [1.54, 1.807) is 44.4 Å². The smallest absolute Gasteiger partial charge is 0.259 e. The first-order chi connectivity index (χ1) is 14.8. The van der Waals surface area contributed by atoms with E-state index in [2.05, 4.69) is 10.4 Å². The highest BCUT2D eigenvalue weighted by molar-refractivity contribution is 6.02. The third kappa shape index (κ3) is 5.60. The van der Waals surface area contributed by atoms with E-state index in [9.17, 15) is 9.59 Å². The van der Waals surface area contributed by atoms with Crippen molar-refractivity contribution in [3.8, 4) is 11.4 Å². The largest absolute Gasteiger partial charge is 0.484 e. The van der Waals surface area contributed by atoms with Gasteiger partial charge >= 0.3 is 0 Å². The normalized spacial score (nSPS) is 10.8. The number of rotatable bonds is 7. The van der Waals surface area contributed by atoms with Crippen molar-refractivity contribution in [2.75, 3.05) is 26.0 Å². The van der Waals surface area contributed by atoms with Crippen LogP contribution in [0.1, 0.15) is 17.0 Å². The maximum atomic E-state index is 12.4. The molecule has 31 heavy (non-hydrogen) atoms. The molecule has 160 valence electrons. The molecule has 0 aliphatic carbocycles. The number of nitrogens with one attached hydrogen (secondary N) is 1. The van der Waals surface area contributed by atoms with Crippen molar-refractivity contribution in [2.24, 2.45) is 0 Å². The van der Waals surface area contributed by atoms with E-state index < -0.39 is 0 Å². The van der Waals surface area contributed by atoms with Crippen LogP contribution in [0, 0.1) is 13.8 Å². The molecule has 0 aliphatic rings. The molecule has 2 aromatic carbocycles. The van der Waals surface area contributed by atoms with Crippen molar-refractivity contribution < 1.29 is 14.3 Å². The fourth-order valence-electron chi connectivity index (χ4n) is 2.97. The predicted octanol–water partition coefficient (Wildman–Crippen LogP) is 3.61. The Kier molecular flexibility index (Phi) is 6.87. The number of para-hydroxylation sites is 1. The molecule has 0 atom stereocenters. The first-order valence-corrected chi connectivity index (χ1v) is 9.89. The molecule has 0 aliphatic heterocycles. The number of likely N-dealkylation sites (N-methyl/N-ethyl adjacent to an activating group) is 1. The molecular weight excluding hydrogens is 392 g/mol. The van der Waals surface area contributed by atoms with Crippen LogP contribution in [0.25, 0.3) is 11.8 Å². The zero-order chi connectivity index (χ0) is 22.4. The number of aryl methyl sites for hydroxylation is 1. The molecule has 1 aromatic heterocycles. The third-order valence-corrected chi connectivity index (χ3v) is 4.73. The van der Waals surface area contributed by atoms with E-state index in [1.807, 2.05) is 48.9 Å². The van der Waals surface area contributed by atoms with Gasteiger partial charge in [-0.2, -0.15) is 5.10 Å². The number of benzene rings is 2. The van der Waals surface area contributed by atoms with E-state index in [0.717, 1.165) is 22.6 Å². The van der Waals surface area contributed by atoms with Crippen LogP contribution in [0.4, 0.5) is 5.69 Å². The van der Waals surface area contributed by atoms with Gasteiger partial charge in [-0.25, -0.2) is 4.68 Å². The van der Waals surface area contributed by atoms with Crippen molar-refractivity contribution in [3.63, 3.8) is 0 Å². The van der Waals surface area contributed by atoms with Crippen LogP contribution in [0.3, 0.4) is 0 Å². The second-order valence-corrected chi connectivity index (χ2v) is 7.26. The van der Waals surface area contributed by atoms with Gasteiger partial charge < -0.3 is 15.0 Å². The quantitative estimate of drug-likeness (QED) is 0.595. The molecule has 0 bridgehead atoms. The molecule has 3 rings (SSSR count). The van der Waals surface area contributed by atoms with E-state index in [0.29, 0.717) is 11.4 Å². The van der Waals surface area contributed by atoms with Crippen molar-refractivity contribution >= 4 is 23.6 Å². The van der Waals surface area contributed by atoms with Crippen molar-refractivity contribution in [1.29, 1.82) is 0 Å². The van der Waals surface area contributed by atoms with Gasteiger partial charge in [0, 0.05) is 37.1 Å². The molecule has 3 aromatic rings. The fraction of sp³-hybridized carbons (Fsp3) is 0.208. The minimum atomic E-state index is -0.247. The number of aromatic nitrogens is 2. The highest BCUT2D eigenvalue weighted by Crippen LogP contribution is 2.20.